The highest BCUT2D eigenvalue weighted by Gasteiger charge is 2.19. The van der Waals surface area contributed by atoms with Crippen LogP contribution >= 0.6 is 23.2 Å². The fourth-order valence-electron chi connectivity index (χ4n) is 2.94. The molecule has 1 heterocycles. The second kappa shape index (κ2) is 8.82. The van der Waals surface area contributed by atoms with E-state index in [1.54, 1.807) is 18.2 Å². The summed E-state index contributed by atoms with van der Waals surface area (Å²) in [7, 11) is 0. The predicted octanol–water partition coefficient (Wildman–Crippen LogP) is 3.89. The minimum absolute atomic E-state index is 0.0961. The Morgan fingerprint density at radius 1 is 1.00 bits per heavy atom. The van der Waals surface area contributed by atoms with Gasteiger partial charge >= 0.3 is 0 Å². The second-order valence-corrected chi connectivity index (χ2v) is 7.19. The van der Waals surface area contributed by atoms with Gasteiger partial charge in [0.15, 0.2) is 0 Å². The molecule has 1 aliphatic rings. The van der Waals surface area contributed by atoms with Gasteiger partial charge in [-0.05, 0) is 35.9 Å². The summed E-state index contributed by atoms with van der Waals surface area (Å²) in [6.07, 6.45) is 0. The lowest BCUT2D eigenvalue weighted by atomic mass is 10.2. The van der Waals surface area contributed by atoms with Crippen LogP contribution in [0.5, 0.6) is 0 Å². The van der Waals surface area contributed by atoms with Crippen LogP contribution in [0.25, 0.3) is 0 Å². The summed E-state index contributed by atoms with van der Waals surface area (Å²) in [5.41, 5.74) is 1.66. The molecule has 0 unspecified atom stereocenters. The molecule has 4 nitrogen and oxygen atoms in total. The van der Waals surface area contributed by atoms with E-state index in [4.69, 9.17) is 23.2 Å². The van der Waals surface area contributed by atoms with E-state index in [0.29, 0.717) is 22.3 Å². The minimum Gasteiger partial charge on any atom is -0.324 e. The first-order valence-electron chi connectivity index (χ1n) is 8.43. The van der Waals surface area contributed by atoms with Crippen molar-refractivity contribution in [3.8, 4) is 0 Å². The fourth-order valence-corrected chi connectivity index (χ4v) is 3.39. The van der Waals surface area contributed by atoms with E-state index in [2.05, 4.69) is 15.1 Å². The predicted molar refractivity (Wildman–Crippen MR) is 103 cm³/mol. The largest absolute Gasteiger partial charge is 0.324 e. The SMILES string of the molecule is O=C(CN1CCN(Cc2ccc(F)cc2)CC1)Nc1ccc(Cl)cc1Cl. The van der Waals surface area contributed by atoms with Crippen LogP contribution in [-0.4, -0.2) is 48.4 Å². The van der Waals surface area contributed by atoms with Gasteiger partial charge in [-0.3, -0.25) is 14.6 Å². The molecule has 1 saturated heterocycles. The highest BCUT2D eigenvalue weighted by molar-refractivity contribution is 6.36. The second-order valence-electron chi connectivity index (χ2n) is 6.35. The first kappa shape index (κ1) is 19.1. The van der Waals surface area contributed by atoms with Crippen LogP contribution in [0, 0.1) is 5.82 Å². The molecule has 7 heteroatoms. The summed E-state index contributed by atoms with van der Waals surface area (Å²) in [6, 6.07) is 11.6. The topological polar surface area (TPSA) is 35.6 Å². The molecule has 0 bridgehead atoms. The Balaban J connectivity index is 1.44. The van der Waals surface area contributed by atoms with Crippen molar-refractivity contribution in [3.63, 3.8) is 0 Å². The number of nitrogens with zero attached hydrogens (tertiary/aromatic N) is 2. The molecule has 2 aromatic carbocycles. The van der Waals surface area contributed by atoms with Gasteiger partial charge in [0.1, 0.15) is 5.82 Å². The lowest BCUT2D eigenvalue weighted by Gasteiger charge is -2.34. The molecular formula is C19H20Cl2FN3O. The zero-order valence-electron chi connectivity index (χ0n) is 14.2. The molecular weight excluding hydrogens is 376 g/mol. The summed E-state index contributed by atoms with van der Waals surface area (Å²) >= 11 is 11.9. The van der Waals surface area contributed by atoms with Crippen LogP contribution in [0.3, 0.4) is 0 Å². The molecule has 138 valence electrons. The lowest BCUT2D eigenvalue weighted by molar-refractivity contribution is -0.117. The Morgan fingerprint density at radius 2 is 1.65 bits per heavy atom. The van der Waals surface area contributed by atoms with Gasteiger partial charge in [0.05, 0.1) is 17.3 Å². The molecule has 0 atom stereocenters. The normalized spacial score (nSPS) is 15.8. The molecule has 2 aromatic rings. The monoisotopic (exact) mass is 395 g/mol. The molecule has 26 heavy (non-hydrogen) atoms. The van der Waals surface area contributed by atoms with Crippen LogP contribution in [0.15, 0.2) is 42.5 Å². The standard InChI is InChI=1S/C19H20Cl2FN3O/c20-15-3-6-18(17(21)11-15)23-19(26)13-25-9-7-24(8-10-25)12-14-1-4-16(22)5-2-14/h1-6,11H,7-10,12-13H2,(H,23,26). The third-order valence-electron chi connectivity index (χ3n) is 4.36. The highest BCUT2D eigenvalue weighted by Crippen LogP contribution is 2.25. The number of halogens is 3. The number of carbonyl (C=O) groups is 1. The van der Waals surface area contributed by atoms with Crippen LogP contribution < -0.4 is 5.32 Å². The molecule has 1 aliphatic heterocycles. The number of hydrogen-bond acceptors (Lipinski definition) is 3. The molecule has 1 amide bonds. The van der Waals surface area contributed by atoms with Crippen LogP contribution in [0.4, 0.5) is 10.1 Å². The zero-order chi connectivity index (χ0) is 18.5. The quantitative estimate of drug-likeness (QED) is 0.833. The Bertz CT molecular complexity index is 762. The fraction of sp³-hybridized carbons (Fsp3) is 0.316. The van der Waals surface area contributed by atoms with E-state index in [1.807, 2.05) is 12.1 Å². The van der Waals surface area contributed by atoms with Gasteiger partial charge in [0, 0.05) is 37.7 Å². The molecule has 0 spiro atoms. The molecule has 0 aromatic heterocycles. The number of rotatable bonds is 5. The average molecular weight is 396 g/mol. The maximum atomic E-state index is 13.0. The van der Waals surface area contributed by atoms with Crippen LogP contribution in [0.1, 0.15) is 5.56 Å². The Kier molecular flexibility index (Phi) is 6.48. The number of nitrogens with one attached hydrogen (secondary N) is 1. The number of hydrogen-bond donors (Lipinski definition) is 1. The van der Waals surface area contributed by atoms with Gasteiger partial charge in [-0.15, -0.1) is 0 Å². The van der Waals surface area contributed by atoms with Crippen molar-refractivity contribution >= 4 is 34.8 Å². The molecule has 1 N–H and O–H groups in total. The van der Waals surface area contributed by atoms with E-state index in [-0.39, 0.29) is 11.7 Å². The van der Waals surface area contributed by atoms with Crippen molar-refractivity contribution in [2.75, 3.05) is 38.0 Å². The number of piperazine rings is 1. The van der Waals surface area contributed by atoms with Gasteiger partial charge in [0.2, 0.25) is 5.91 Å². The van der Waals surface area contributed by atoms with Gasteiger partial charge in [-0.25, -0.2) is 4.39 Å². The third kappa shape index (κ3) is 5.42. The summed E-state index contributed by atoms with van der Waals surface area (Å²) in [4.78, 5) is 16.6. The maximum absolute atomic E-state index is 13.0. The van der Waals surface area contributed by atoms with E-state index in [0.717, 1.165) is 38.3 Å². The van der Waals surface area contributed by atoms with Crippen LogP contribution in [0.2, 0.25) is 10.0 Å². The van der Waals surface area contributed by atoms with Crippen molar-refractivity contribution in [2.24, 2.45) is 0 Å². The molecule has 3 rings (SSSR count). The van der Waals surface area contributed by atoms with Crippen molar-refractivity contribution in [1.29, 1.82) is 0 Å². The van der Waals surface area contributed by atoms with E-state index in [1.165, 1.54) is 12.1 Å². The minimum atomic E-state index is -0.217. The zero-order valence-corrected chi connectivity index (χ0v) is 15.7. The molecule has 1 fully saturated rings. The van der Waals surface area contributed by atoms with Gasteiger partial charge in [-0.2, -0.15) is 0 Å². The molecule has 0 saturated carbocycles. The van der Waals surface area contributed by atoms with Gasteiger partial charge < -0.3 is 5.32 Å². The highest BCUT2D eigenvalue weighted by atomic mass is 35.5. The summed E-state index contributed by atoms with van der Waals surface area (Å²) < 4.78 is 13.0. The Morgan fingerprint density at radius 3 is 2.31 bits per heavy atom. The van der Waals surface area contributed by atoms with E-state index < -0.39 is 0 Å². The van der Waals surface area contributed by atoms with Gasteiger partial charge in [-0.1, -0.05) is 35.3 Å². The third-order valence-corrected chi connectivity index (χ3v) is 4.90. The summed E-state index contributed by atoms with van der Waals surface area (Å²) in [5, 5.41) is 3.78. The molecule has 0 aliphatic carbocycles. The van der Waals surface area contributed by atoms with E-state index >= 15 is 0 Å². The summed E-state index contributed by atoms with van der Waals surface area (Å²) in [5.74, 6) is -0.313. The Hall–Kier alpha value is -1.66. The summed E-state index contributed by atoms with van der Waals surface area (Å²) in [6.45, 7) is 4.47. The number of anilines is 1. The van der Waals surface area contributed by atoms with Crippen molar-refractivity contribution < 1.29 is 9.18 Å². The van der Waals surface area contributed by atoms with Gasteiger partial charge in [0.25, 0.3) is 0 Å². The Labute approximate surface area is 162 Å². The molecule has 0 radical (unpaired) electrons. The van der Waals surface area contributed by atoms with Crippen molar-refractivity contribution in [1.82, 2.24) is 9.80 Å². The smallest absolute Gasteiger partial charge is 0.238 e. The van der Waals surface area contributed by atoms with Crippen molar-refractivity contribution in [2.45, 2.75) is 6.54 Å². The number of benzene rings is 2. The average Bonchev–Trinajstić information content (AvgIpc) is 2.61. The number of amides is 1. The van der Waals surface area contributed by atoms with Crippen LogP contribution in [-0.2, 0) is 11.3 Å². The van der Waals surface area contributed by atoms with Crippen molar-refractivity contribution in [3.05, 3.63) is 63.9 Å². The van der Waals surface area contributed by atoms with E-state index in [9.17, 15) is 9.18 Å². The maximum Gasteiger partial charge on any atom is 0.238 e. The lowest BCUT2D eigenvalue weighted by Crippen LogP contribution is -2.48. The first-order chi connectivity index (χ1) is 12.5. The first-order valence-corrected chi connectivity index (χ1v) is 9.19. The number of carbonyl (C=O) groups excluding carboxylic acids is 1.